The summed E-state index contributed by atoms with van der Waals surface area (Å²) in [5, 5.41) is 0. The predicted molar refractivity (Wildman–Crippen MR) is 73.3 cm³/mol. The van der Waals surface area contributed by atoms with E-state index in [2.05, 4.69) is 4.72 Å². The Morgan fingerprint density at radius 3 is 2.23 bits per heavy atom. The second-order valence-corrected chi connectivity index (χ2v) is 6.08. The summed E-state index contributed by atoms with van der Waals surface area (Å²) in [5.41, 5.74) is 0.590. The molecule has 2 aromatic rings. The van der Waals surface area contributed by atoms with Gasteiger partial charge in [0.1, 0.15) is 10.6 Å². The largest absolute Gasteiger partial charge is 0.497 e. The van der Waals surface area contributed by atoms with Gasteiger partial charge >= 0.3 is 0 Å². The number of hydrogen-bond acceptors (Lipinski definition) is 3. The Morgan fingerprint density at radius 1 is 1.00 bits per heavy atom. The highest BCUT2D eigenvalue weighted by Crippen LogP contribution is 2.20. The second-order valence-electron chi connectivity index (χ2n) is 4.35. The minimum absolute atomic E-state index is 0.134. The molecule has 0 saturated heterocycles. The Kier molecular flexibility index (Phi) is 4.72. The van der Waals surface area contributed by atoms with Crippen molar-refractivity contribution in [1.82, 2.24) is 4.72 Å². The number of methoxy groups -OCH3 is 1. The van der Waals surface area contributed by atoms with E-state index in [4.69, 9.17) is 4.74 Å². The first-order valence-electron chi connectivity index (χ1n) is 6.11. The van der Waals surface area contributed by atoms with Gasteiger partial charge in [-0.25, -0.2) is 26.3 Å². The van der Waals surface area contributed by atoms with Crippen LogP contribution in [0.4, 0.5) is 13.2 Å². The van der Waals surface area contributed by atoms with Crippen LogP contribution in [0.5, 0.6) is 5.75 Å². The average Bonchev–Trinajstić information content (AvgIpc) is 2.51. The molecule has 0 heterocycles. The fraction of sp³-hybridized carbons (Fsp3) is 0.143. The standard InChI is InChI=1S/C14H12F3NO3S/c1-21-10-4-2-9(3-5-10)8-18-22(19,20)12-7-6-11(15)13(16)14(12)17/h2-7,18H,8H2,1H3. The lowest BCUT2D eigenvalue weighted by atomic mass is 10.2. The topological polar surface area (TPSA) is 55.4 Å². The lowest BCUT2D eigenvalue weighted by Gasteiger charge is -2.09. The number of benzene rings is 2. The van der Waals surface area contributed by atoms with Crippen LogP contribution in [-0.2, 0) is 16.6 Å². The van der Waals surface area contributed by atoms with Gasteiger partial charge < -0.3 is 4.74 Å². The molecule has 0 amide bonds. The zero-order valence-corrected chi connectivity index (χ0v) is 12.3. The van der Waals surface area contributed by atoms with Crippen molar-refractivity contribution in [2.75, 3.05) is 7.11 Å². The summed E-state index contributed by atoms with van der Waals surface area (Å²) >= 11 is 0. The molecular formula is C14H12F3NO3S. The maximum Gasteiger partial charge on any atom is 0.243 e. The summed E-state index contributed by atoms with van der Waals surface area (Å²) in [6, 6.07) is 7.71. The highest BCUT2D eigenvalue weighted by molar-refractivity contribution is 7.89. The molecule has 4 nitrogen and oxygen atoms in total. The Labute approximate surface area is 125 Å². The van der Waals surface area contributed by atoms with E-state index in [0.717, 1.165) is 0 Å². The smallest absolute Gasteiger partial charge is 0.243 e. The number of sulfonamides is 1. The molecule has 0 radical (unpaired) electrons. The van der Waals surface area contributed by atoms with Crippen molar-refractivity contribution in [2.24, 2.45) is 0 Å². The molecule has 0 aliphatic heterocycles. The average molecular weight is 331 g/mol. The van der Waals surface area contributed by atoms with Crippen LogP contribution in [0.2, 0.25) is 0 Å². The first-order chi connectivity index (χ1) is 10.3. The van der Waals surface area contributed by atoms with E-state index in [1.807, 2.05) is 0 Å². The highest BCUT2D eigenvalue weighted by Gasteiger charge is 2.23. The maximum atomic E-state index is 13.5. The van der Waals surface area contributed by atoms with E-state index in [-0.39, 0.29) is 6.54 Å². The zero-order chi connectivity index (χ0) is 16.3. The molecule has 2 aromatic carbocycles. The lowest BCUT2D eigenvalue weighted by Crippen LogP contribution is -2.24. The highest BCUT2D eigenvalue weighted by atomic mass is 32.2. The first-order valence-corrected chi connectivity index (χ1v) is 7.59. The number of nitrogens with one attached hydrogen (secondary N) is 1. The van der Waals surface area contributed by atoms with E-state index in [1.54, 1.807) is 24.3 Å². The summed E-state index contributed by atoms with van der Waals surface area (Å²) in [7, 11) is -2.82. The van der Waals surface area contributed by atoms with Crippen molar-refractivity contribution in [3.63, 3.8) is 0 Å². The van der Waals surface area contributed by atoms with Crippen molar-refractivity contribution in [2.45, 2.75) is 11.4 Å². The molecule has 0 saturated carbocycles. The van der Waals surface area contributed by atoms with E-state index in [9.17, 15) is 21.6 Å². The minimum Gasteiger partial charge on any atom is -0.497 e. The molecule has 0 spiro atoms. The van der Waals surface area contributed by atoms with Crippen LogP contribution in [0, 0.1) is 17.5 Å². The van der Waals surface area contributed by atoms with Crippen LogP contribution in [-0.4, -0.2) is 15.5 Å². The third kappa shape index (κ3) is 3.40. The van der Waals surface area contributed by atoms with Crippen molar-refractivity contribution >= 4 is 10.0 Å². The van der Waals surface area contributed by atoms with Crippen molar-refractivity contribution in [3.8, 4) is 5.75 Å². The minimum atomic E-state index is -4.31. The molecule has 0 bridgehead atoms. The summed E-state index contributed by atoms with van der Waals surface area (Å²) in [5.74, 6) is -4.43. The van der Waals surface area contributed by atoms with Gasteiger partial charge in [-0.2, -0.15) is 0 Å². The Hall–Kier alpha value is -2.06. The third-order valence-electron chi connectivity index (χ3n) is 2.91. The van der Waals surface area contributed by atoms with E-state index in [1.165, 1.54) is 7.11 Å². The van der Waals surface area contributed by atoms with Gasteiger partial charge in [-0.3, -0.25) is 0 Å². The number of rotatable bonds is 5. The third-order valence-corrected chi connectivity index (χ3v) is 4.33. The van der Waals surface area contributed by atoms with Gasteiger partial charge in [0.2, 0.25) is 10.0 Å². The summed E-state index contributed by atoms with van der Waals surface area (Å²) in [6.45, 7) is -0.134. The summed E-state index contributed by atoms with van der Waals surface area (Å²) < 4.78 is 70.4. The van der Waals surface area contributed by atoms with Crippen molar-refractivity contribution in [3.05, 3.63) is 59.4 Å². The van der Waals surface area contributed by atoms with Gasteiger partial charge in [-0.1, -0.05) is 12.1 Å². The van der Waals surface area contributed by atoms with Crippen molar-refractivity contribution < 1.29 is 26.3 Å². The van der Waals surface area contributed by atoms with Gasteiger partial charge in [-0.15, -0.1) is 0 Å². The fourth-order valence-corrected chi connectivity index (χ4v) is 2.80. The van der Waals surface area contributed by atoms with Crippen LogP contribution in [0.15, 0.2) is 41.3 Å². The Balaban J connectivity index is 2.19. The molecule has 0 atom stereocenters. The maximum absolute atomic E-state index is 13.5. The molecule has 0 fully saturated rings. The van der Waals surface area contributed by atoms with Crippen LogP contribution >= 0.6 is 0 Å². The monoisotopic (exact) mass is 331 g/mol. The zero-order valence-electron chi connectivity index (χ0n) is 11.4. The van der Waals surface area contributed by atoms with Gasteiger partial charge in [-0.05, 0) is 29.8 Å². The quantitative estimate of drug-likeness (QED) is 0.857. The van der Waals surface area contributed by atoms with Crippen LogP contribution in [0.1, 0.15) is 5.56 Å². The first kappa shape index (κ1) is 16.3. The predicted octanol–water partition coefficient (Wildman–Crippen LogP) is 2.59. The van der Waals surface area contributed by atoms with Gasteiger partial charge in [0.25, 0.3) is 0 Å². The van der Waals surface area contributed by atoms with E-state index in [0.29, 0.717) is 23.4 Å². The molecule has 1 N–H and O–H groups in total. The van der Waals surface area contributed by atoms with E-state index >= 15 is 0 Å². The normalized spacial score (nSPS) is 11.5. The van der Waals surface area contributed by atoms with Gasteiger partial charge in [0.15, 0.2) is 17.5 Å². The van der Waals surface area contributed by atoms with Crippen LogP contribution in [0.3, 0.4) is 0 Å². The number of halogens is 3. The molecule has 0 aliphatic rings. The van der Waals surface area contributed by atoms with Gasteiger partial charge in [0, 0.05) is 6.54 Å². The fourth-order valence-electron chi connectivity index (χ4n) is 1.72. The van der Waals surface area contributed by atoms with Crippen LogP contribution in [0.25, 0.3) is 0 Å². The number of ether oxygens (including phenoxy) is 1. The molecule has 0 aromatic heterocycles. The molecule has 118 valence electrons. The Morgan fingerprint density at radius 2 is 1.64 bits per heavy atom. The van der Waals surface area contributed by atoms with Crippen molar-refractivity contribution in [1.29, 1.82) is 0 Å². The summed E-state index contributed by atoms with van der Waals surface area (Å²) in [4.78, 5) is -0.945. The molecule has 0 unspecified atom stereocenters. The Bertz CT molecular complexity index is 777. The molecule has 8 heteroatoms. The molecular weight excluding hydrogens is 319 g/mol. The molecule has 2 rings (SSSR count). The van der Waals surface area contributed by atoms with E-state index < -0.39 is 32.4 Å². The molecule has 22 heavy (non-hydrogen) atoms. The second kappa shape index (κ2) is 6.37. The summed E-state index contributed by atoms with van der Waals surface area (Å²) in [6.07, 6.45) is 0. The number of hydrogen-bond donors (Lipinski definition) is 1. The SMILES string of the molecule is COc1ccc(CNS(=O)(=O)c2ccc(F)c(F)c2F)cc1. The lowest BCUT2D eigenvalue weighted by molar-refractivity contribution is 0.414. The van der Waals surface area contributed by atoms with Gasteiger partial charge in [0.05, 0.1) is 7.11 Å². The molecule has 0 aliphatic carbocycles. The van der Waals surface area contributed by atoms with Crippen LogP contribution < -0.4 is 9.46 Å².